The van der Waals surface area contributed by atoms with Crippen LogP contribution in [0.4, 0.5) is 17.3 Å². The molecule has 0 atom stereocenters. The summed E-state index contributed by atoms with van der Waals surface area (Å²) in [7, 11) is 0. The molecule has 0 aliphatic heterocycles. The number of anilines is 3. The number of aromatic nitrogens is 2. The molecule has 0 spiro atoms. The number of nitrogens with one attached hydrogen (secondary N) is 1. The maximum atomic E-state index is 5.98. The van der Waals surface area contributed by atoms with Gasteiger partial charge in [-0.3, -0.25) is 0 Å². The minimum Gasteiger partial charge on any atom is -0.383 e. The van der Waals surface area contributed by atoms with Gasteiger partial charge in [-0.25, -0.2) is 9.97 Å². The molecule has 106 valence electrons. The molecule has 1 heterocycles. The topological polar surface area (TPSA) is 63.8 Å². The third kappa shape index (κ3) is 3.10. The van der Waals surface area contributed by atoms with Crippen LogP contribution in [0.2, 0.25) is 0 Å². The molecule has 0 bridgehead atoms. The second-order valence-corrected chi connectivity index (χ2v) is 6.10. The monoisotopic (exact) mass is 334 g/mol. The Hall–Kier alpha value is -1.62. The third-order valence-corrected chi connectivity index (χ3v) is 3.65. The van der Waals surface area contributed by atoms with Crippen molar-refractivity contribution in [3.8, 4) is 0 Å². The Morgan fingerprint density at radius 1 is 1.20 bits per heavy atom. The number of benzene rings is 1. The number of nitrogens with two attached hydrogens (primary N) is 1. The number of nitrogen functional groups attached to an aromatic ring is 1. The number of hydrogen-bond acceptors (Lipinski definition) is 4. The standard InChI is InChI=1S/C15H19BrN4/c1-8(2)14-19-13(17)10(4)15(20-14)18-12-6-5-11(16)7-9(12)3/h5-8H,1-4H3,(H3,17,18,19,20). The molecular weight excluding hydrogens is 316 g/mol. The van der Waals surface area contributed by atoms with Crippen molar-refractivity contribution in [1.82, 2.24) is 9.97 Å². The van der Waals surface area contributed by atoms with Crippen LogP contribution in [0.1, 0.15) is 36.7 Å². The molecule has 0 radical (unpaired) electrons. The smallest absolute Gasteiger partial charge is 0.139 e. The van der Waals surface area contributed by atoms with Gasteiger partial charge in [-0.2, -0.15) is 0 Å². The summed E-state index contributed by atoms with van der Waals surface area (Å²) in [5, 5.41) is 3.35. The fourth-order valence-electron chi connectivity index (χ4n) is 1.83. The van der Waals surface area contributed by atoms with E-state index in [2.05, 4.69) is 58.1 Å². The van der Waals surface area contributed by atoms with Crippen molar-refractivity contribution in [2.75, 3.05) is 11.1 Å². The van der Waals surface area contributed by atoms with Crippen molar-refractivity contribution < 1.29 is 0 Å². The lowest BCUT2D eigenvalue weighted by molar-refractivity contribution is 0.776. The molecule has 1 aromatic heterocycles. The van der Waals surface area contributed by atoms with Crippen molar-refractivity contribution >= 4 is 33.3 Å². The van der Waals surface area contributed by atoms with Crippen LogP contribution in [0.25, 0.3) is 0 Å². The van der Waals surface area contributed by atoms with Crippen LogP contribution in [-0.4, -0.2) is 9.97 Å². The van der Waals surface area contributed by atoms with E-state index in [1.807, 2.05) is 19.1 Å². The number of rotatable bonds is 3. The number of hydrogen-bond donors (Lipinski definition) is 2. The molecule has 5 heteroatoms. The summed E-state index contributed by atoms with van der Waals surface area (Å²) in [6.45, 7) is 8.09. The third-order valence-electron chi connectivity index (χ3n) is 3.16. The van der Waals surface area contributed by atoms with Gasteiger partial charge in [0.15, 0.2) is 0 Å². The van der Waals surface area contributed by atoms with Gasteiger partial charge >= 0.3 is 0 Å². The van der Waals surface area contributed by atoms with Crippen LogP contribution in [0, 0.1) is 13.8 Å². The molecule has 0 fully saturated rings. The fourth-order valence-corrected chi connectivity index (χ4v) is 2.30. The summed E-state index contributed by atoms with van der Waals surface area (Å²) in [5.41, 5.74) is 9.01. The first-order chi connectivity index (χ1) is 9.38. The van der Waals surface area contributed by atoms with Gasteiger partial charge in [-0.05, 0) is 37.6 Å². The fraction of sp³-hybridized carbons (Fsp3) is 0.333. The van der Waals surface area contributed by atoms with E-state index in [-0.39, 0.29) is 5.92 Å². The number of halogens is 1. The van der Waals surface area contributed by atoms with Gasteiger partial charge in [-0.1, -0.05) is 29.8 Å². The summed E-state index contributed by atoms with van der Waals surface area (Å²) in [6, 6.07) is 6.08. The minimum atomic E-state index is 0.240. The van der Waals surface area contributed by atoms with E-state index in [0.717, 1.165) is 32.9 Å². The Balaban J connectivity index is 2.42. The molecular formula is C15H19BrN4. The summed E-state index contributed by atoms with van der Waals surface area (Å²) in [6.07, 6.45) is 0. The quantitative estimate of drug-likeness (QED) is 0.877. The molecule has 4 nitrogen and oxygen atoms in total. The van der Waals surface area contributed by atoms with Gasteiger partial charge in [0.25, 0.3) is 0 Å². The van der Waals surface area contributed by atoms with Crippen molar-refractivity contribution in [2.24, 2.45) is 0 Å². The SMILES string of the molecule is Cc1cc(Br)ccc1Nc1nc(C(C)C)nc(N)c1C. The van der Waals surface area contributed by atoms with Crippen LogP contribution in [-0.2, 0) is 0 Å². The normalized spacial score (nSPS) is 10.9. The highest BCUT2D eigenvalue weighted by molar-refractivity contribution is 9.10. The maximum absolute atomic E-state index is 5.98. The van der Waals surface area contributed by atoms with Crippen molar-refractivity contribution in [1.29, 1.82) is 0 Å². The van der Waals surface area contributed by atoms with E-state index in [1.165, 1.54) is 0 Å². The molecule has 0 saturated heterocycles. The predicted octanol–water partition coefficient (Wildman–Crippen LogP) is 4.31. The van der Waals surface area contributed by atoms with E-state index in [9.17, 15) is 0 Å². The largest absolute Gasteiger partial charge is 0.383 e. The second kappa shape index (κ2) is 5.79. The molecule has 3 N–H and O–H groups in total. The Morgan fingerprint density at radius 2 is 1.90 bits per heavy atom. The zero-order chi connectivity index (χ0) is 14.9. The molecule has 0 aliphatic rings. The summed E-state index contributed by atoms with van der Waals surface area (Å²) in [4.78, 5) is 8.91. The summed E-state index contributed by atoms with van der Waals surface area (Å²) in [5.74, 6) is 2.29. The zero-order valence-corrected chi connectivity index (χ0v) is 13.7. The number of aryl methyl sites for hydroxylation is 1. The van der Waals surface area contributed by atoms with Gasteiger partial charge in [0.2, 0.25) is 0 Å². The first-order valence-corrected chi connectivity index (χ1v) is 7.35. The summed E-state index contributed by atoms with van der Waals surface area (Å²) < 4.78 is 1.06. The van der Waals surface area contributed by atoms with E-state index >= 15 is 0 Å². The van der Waals surface area contributed by atoms with E-state index in [1.54, 1.807) is 0 Å². The van der Waals surface area contributed by atoms with Crippen LogP contribution < -0.4 is 11.1 Å². The highest BCUT2D eigenvalue weighted by atomic mass is 79.9. The van der Waals surface area contributed by atoms with Gasteiger partial charge in [0.1, 0.15) is 17.5 Å². The number of nitrogens with zero attached hydrogens (tertiary/aromatic N) is 2. The van der Waals surface area contributed by atoms with Crippen LogP contribution >= 0.6 is 15.9 Å². The molecule has 0 amide bonds. The zero-order valence-electron chi connectivity index (χ0n) is 12.2. The highest BCUT2D eigenvalue weighted by Gasteiger charge is 2.12. The van der Waals surface area contributed by atoms with Crippen molar-refractivity contribution in [3.05, 3.63) is 39.6 Å². The molecule has 20 heavy (non-hydrogen) atoms. The molecule has 0 saturated carbocycles. The lowest BCUT2D eigenvalue weighted by Gasteiger charge is -2.15. The molecule has 2 rings (SSSR count). The average molecular weight is 335 g/mol. The second-order valence-electron chi connectivity index (χ2n) is 5.18. The Morgan fingerprint density at radius 3 is 2.50 bits per heavy atom. The van der Waals surface area contributed by atoms with Gasteiger partial charge in [-0.15, -0.1) is 0 Å². The van der Waals surface area contributed by atoms with Crippen molar-refractivity contribution in [3.63, 3.8) is 0 Å². The Bertz CT molecular complexity index is 638. The first-order valence-electron chi connectivity index (χ1n) is 6.55. The van der Waals surface area contributed by atoms with E-state index < -0.39 is 0 Å². The lowest BCUT2D eigenvalue weighted by atomic mass is 10.1. The van der Waals surface area contributed by atoms with Gasteiger partial charge in [0.05, 0.1) is 0 Å². The molecule has 2 aromatic rings. The van der Waals surface area contributed by atoms with Gasteiger partial charge < -0.3 is 11.1 Å². The average Bonchev–Trinajstić information content (AvgIpc) is 2.37. The Labute approximate surface area is 128 Å². The predicted molar refractivity (Wildman–Crippen MR) is 87.4 cm³/mol. The van der Waals surface area contributed by atoms with Crippen LogP contribution in [0.3, 0.4) is 0 Å². The lowest BCUT2D eigenvalue weighted by Crippen LogP contribution is -2.08. The molecule has 1 aromatic carbocycles. The first kappa shape index (κ1) is 14.8. The molecule has 0 unspecified atom stereocenters. The van der Waals surface area contributed by atoms with Crippen LogP contribution in [0.5, 0.6) is 0 Å². The minimum absolute atomic E-state index is 0.240. The van der Waals surface area contributed by atoms with E-state index in [4.69, 9.17) is 5.73 Å². The van der Waals surface area contributed by atoms with E-state index in [0.29, 0.717) is 5.82 Å². The summed E-state index contributed by atoms with van der Waals surface area (Å²) >= 11 is 3.47. The van der Waals surface area contributed by atoms with Gasteiger partial charge in [0, 0.05) is 21.6 Å². The Kier molecular flexibility index (Phi) is 4.28. The maximum Gasteiger partial charge on any atom is 0.139 e. The van der Waals surface area contributed by atoms with Crippen LogP contribution in [0.15, 0.2) is 22.7 Å². The van der Waals surface area contributed by atoms with Crippen molar-refractivity contribution in [2.45, 2.75) is 33.6 Å². The highest BCUT2D eigenvalue weighted by Crippen LogP contribution is 2.27. The molecule has 0 aliphatic carbocycles.